The fourth-order valence-electron chi connectivity index (χ4n) is 1.59. The van der Waals surface area contributed by atoms with Crippen LogP contribution in [0, 0.1) is 0 Å². The summed E-state index contributed by atoms with van der Waals surface area (Å²) in [5.74, 6) is 0.828. The van der Waals surface area contributed by atoms with Gasteiger partial charge in [0.2, 0.25) is 0 Å². The highest BCUT2D eigenvalue weighted by Gasteiger charge is 2.03. The van der Waals surface area contributed by atoms with E-state index in [0.29, 0.717) is 11.6 Å². The molecule has 0 saturated heterocycles. The first-order valence-electron chi connectivity index (χ1n) is 6.13. The van der Waals surface area contributed by atoms with Gasteiger partial charge in [-0.05, 0) is 18.9 Å². The van der Waals surface area contributed by atoms with Gasteiger partial charge in [-0.25, -0.2) is 0 Å². The van der Waals surface area contributed by atoms with E-state index >= 15 is 0 Å². The van der Waals surface area contributed by atoms with Crippen LogP contribution in [0.2, 0.25) is 0 Å². The number of benzene rings is 1. The average Bonchev–Trinajstić information content (AvgIpc) is 2.42. The predicted molar refractivity (Wildman–Crippen MR) is 78.8 cm³/mol. The molecule has 4 N–H and O–H groups in total. The van der Waals surface area contributed by atoms with Gasteiger partial charge in [0.15, 0.2) is 5.84 Å². The molecule has 5 nitrogen and oxygen atoms in total. The van der Waals surface area contributed by atoms with E-state index in [1.54, 1.807) is 6.26 Å². The molecule has 0 aliphatic heterocycles. The highest BCUT2D eigenvalue weighted by molar-refractivity contribution is 7.84. The SMILES string of the molecule is CC(CCS(C)=O)NCc1ccc(/C(N)=N/O)cc1. The number of rotatable bonds is 7. The molecule has 106 valence electrons. The monoisotopic (exact) mass is 283 g/mol. The zero-order valence-corrected chi connectivity index (χ0v) is 12.1. The van der Waals surface area contributed by atoms with E-state index < -0.39 is 10.8 Å². The van der Waals surface area contributed by atoms with Gasteiger partial charge in [0.1, 0.15) is 0 Å². The van der Waals surface area contributed by atoms with E-state index in [9.17, 15) is 4.21 Å². The zero-order chi connectivity index (χ0) is 14.3. The second-order valence-corrected chi connectivity index (χ2v) is 6.08. The molecule has 1 aromatic carbocycles. The molecule has 2 atom stereocenters. The van der Waals surface area contributed by atoms with Crippen molar-refractivity contribution in [1.82, 2.24) is 5.32 Å². The number of amidine groups is 1. The fourth-order valence-corrected chi connectivity index (χ4v) is 2.27. The van der Waals surface area contributed by atoms with Crippen LogP contribution in [0.25, 0.3) is 0 Å². The van der Waals surface area contributed by atoms with E-state index in [4.69, 9.17) is 10.9 Å². The molecule has 0 saturated carbocycles. The van der Waals surface area contributed by atoms with Crippen LogP contribution < -0.4 is 11.1 Å². The molecule has 19 heavy (non-hydrogen) atoms. The van der Waals surface area contributed by atoms with Crippen molar-refractivity contribution in [2.24, 2.45) is 10.9 Å². The van der Waals surface area contributed by atoms with Crippen LogP contribution >= 0.6 is 0 Å². The fraction of sp³-hybridized carbons (Fsp3) is 0.462. The van der Waals surface area contributed by atoms with Crippen molar-refractivity contribution in [3.8, 4) is 0 Å². The average molecular weight is 283 g/mol. The summed E-state index contributed by atoms with van der Waals surface area (Å²) in [6, 6.07) is 7.83. The Morgan fingerprint density at radius 3 is 2.63 bits per heavy atom. The summed E-state index contributed by atoms with van der Waals surface area (Å²) < 4.78 is 11.0. The Bertz CT molecular complexity index is 446. The van der Waals surface area contributed by atoms with Gasteiger partial charge < -0.3 is 16.3 Å². The van der Waals surface area contributed by atoms with Gasteiger partial charge in [0.25, 0.3) is 0 Å². The molecule has 6 heteroatoms. The Labute approximate surface area is 116 Å². The maximum absolute atomic E-state index is 11.0. The third kappa shape index (κ3) is 5.85. The summed E-state index contributed by atoms with van der Waals surface area (Å²) in [6.07, 6.45) is 2.61. The molecule has 1 aromatic rings. The molecule has 0 aliphatic carbocycles. The van der Waals surface area contributed by atoms with E-state index in [0.717, 1.165) is 24.3 Å². The van der Waals surface area contributed by atoms with Gasteiger partial charge in [0, 0.05) is 41.0 Å². The maximum Gasteiger partial charge on any atom is 0.170 e. The third-order valence-corrected chi connectivity index (χ3v) is 3.66. The van der Waals surface area contributed by atoms with Gasteiger partial charge in [0.05, 0.1) is 0 Å². The smallest absolute Gasteiger partial charge is 0.170 e. The Morgan fingerprint density at radius 2 is 2.11 bits per heavy atom. The lowest BCUT2D eigenvalue weighted by atomic mass is 10.1. The largest absolute Gasteiger partial charge is 0.409 e. The van der Waals surface area contributed by atoms with Crippen molar-refractivity contribution in [2.75, 3.05) is 12.0 Å². The first-order chi connectivity index (χ1) is 9.02. The van der Waals surface area contributed by atoms with Gasteiger partial charge in [-0.2, -0.15) is 0 Å². The Balaban J connectivity index is 2.43. The summed E-state index contributed by atoms with van der Waals surface area (Å²) >= 11 is 0. The van der Waals surface area contributed by atoms with E-state index in [-0.39, 0.29) is 5.84 Å². The number of nitrogens with two attached hydrogens (primary N) is 1. The van der Waals surface area contributed by atoms with Crippen LogP contribution in [-0.2, 0) is 17.3 Å². The Hall–Kier alpha value is -1.40. The van der Waals surface area contributed by atoms with Crippen molar-refractivity contribution in [1.29, 1.82) is 0 Å². The minimum absolute atomic E-state index is 0.110. The van der Waals surface area contributed by atoms with Crippen molar-refractivity contribution in [3.63, 3.8) is 0 Å². The molecule has 2 unspecified atom stereocenters. The zero-order valence-electron chi connectivity index (χ0n) is 11.3. The van der Waals surface area contributed by atoms with Gasteiger partial charge in [-0.1, -0.05) is 29.4 Å². The number of hydrogen-bond acceptors (Lipinski definition) is 4. The summed E-state index contributed by atoms with van der Waals surface area (Å²) in [5, 5.41) is 14.9. The molecule has 0 heterocycles. The molecular weight excluding hydrogens is 262 g/mol. The Kier molecular flexibility index (Phi) is 6.52. The van der Waals surface area contributed by atoms with Crippen molar-refractivity contribution >= 4 is 16.6 Å². The van der Waals surface area contributed by atoms with E-state index in [1.807, 2.05) is 24.3 Å². The summed E-state index contributed by atoms with van der Waals surface area (Å²) in [6.45, 7) is 2.83. The van der Waals surface area contributed by atoms with Crippen LogP contribution in [0.15, 0.2) is 29.4 Å². The summed E-state index contributed by atoms with van der Waals surface area (Å²) in [5.41, 5.74) is 7.31. The molecule has 0 fully saturated rings. The maximum atomic E-state index is 11.0. The van der Waals surface area contributed by atoms with E-state index in [1.165, 1.54) is 0 Å². The molecule has 0 spiro atoms. The topological polar surface area (TPSA) is 87.7 Å². The second-order valence-electron chi connectivity index (χ2n) is 4.53. The number of nitrogens with one attached hydrogen (secondary N) is 1. The van der Waals surface area contributed by atoms with Crippen LogP contribution in [0.4, 0.5) is 0 Å². The van der Waals surface area contributed by atoms with Crippen molar-refractivity contribution < 1.29 is 9.42 Å². The standard InChI is InChI=1S/C13H21N3O2S/c1-10(7-8-19(2)18)15-9-11-3-5-12(6-4-11)13(14)16-17/h3-6,10,15,17H,7-9H2,1-2H3,(H2,14,16). The lowest BCUT2D eigenvalue weighted by Crippen LogP contribution is -2.27. The molecular formula is C13H21N3O2S. The molecule has 0 amide bonds. The molecule has 0 bridgehead atoms. The van der Waals surface area contributed by atoms with Crippen LogP contribution in [0.5, 0.6) is 0 Å². The van der Waals surface area contributed by atoms with Gasteiger partial charge in [-0.3, -0.25) is 4.21 Å². The van der Waals surface area contributed by atoms with Crippen molar-refractivity contribution in [3.05, 3.63) is 35.4 Å². The van der Waals surface area contributed by atoms with Crippen LogP contribution in [0.3, 0.4) is 0 Å². The minimum atomic E-state index is -0.734. The van der Waals surface area contributed by atoms with Crippen molar-refractivity contribution in [2.45, 2.75) is 25.9 Å². The lowest BCUT2D eigenvalue weighted by molar-refractivity contribution is 0.318. The molecule has 0 aliphatic rings. The van der Waals surface area contributed by atoms with E-state index in [2.05, 4.69) is 17.4 Å². The second kappa shape index (κ2) is 7.91. The molecule has 0 radical (unpaired) electrons. The number of hydrogen-bond donors (Lipinski definition) is 3. The quantitative estimate of drug-likeness (QED) is 0.302. The Morgan fingerprint density at radius 1 is 1.47 bits per heavy atom. The number of nitrogens with zero attached hydrogens (tertiary/aromatic N) is 1. The predicted octanol–water partition coefficient (Wildman–Crippen LogP) is 1.03. The van der Waals surface area contributed by atoms with Gasteiger partial charge >= 0.3 is 0 Å². The molecule has 1 rings (SSSR count). The summed E-state index contributed by atoms with van der Waals surface area (Å²) in [7, 11) is -0.734. The van der Waals surface area contributed by atoms with Crippen LogP contribution in [0.1, 0.15) is 24.5 Å². The van der Waals surface area contributed by atoms with Crippen LogP contribution in [-0.4, -0.2) is 33.3 Å². The molecule has 0 aromatic heterocycles. The van der Waals surface area contributed by atoms with Gasteiger partial charge in [-0.15, -0.1) is 0 Å². The highest BCUT2D eigenvalue weighted by atomic mass is 32.2. The minimum Gasteiger partial charge on any atom is -0.409 e. The third-order valence-electron chi connectivity index (χ3n) is 2.85. The highest BCUT2D eigenvalue weighted by Crippen LogP contribution is 2.05. The summed E-state index contributed by atoms with van der Waals surface area (Å²) in [4.78, 5) is 0. The lowest BCUT2D eigenvalue weighted by Gasteiger charge is -2.13. The normalized spacial score (nSPS) is 15.2. The number of oxime groups is 1. The first kappa shape index (κ1) is 15.7. The first-order valence-corrected chi connectivity index (χ1v) is 7.86.